The van der Waals surface area contributed by atoms with Gasteiger partial charge in [-0.15, -0.1) is 0 Å². The minimum Gasteiger partial charge on any atom is -0.391 e. The van der Waals surface area contributed by atoms with Crippen LogP contribution in [-0.2, 0) is 9.53 Å². The lowest BCUT2D eigenvalue weighted by Gasteiger charge is -2.08. The van der Waals surface area contributed by atoms with Crippen molar-refractivity contribution in [1.29, 1.82) is 0 Å². The number of aliphatic hydroxyl groups excluding tert-OH is 1. The van der Waals surface area contributed by atoms with Gasteiger partial charge in [-0.2, -0.15) is 0 Å². The number of methoxy groups -OCH3 is 1. The first-order valence-electron chi connectivity index (χ1n) is 6.00. The molecule has 0 saturated heterocycles. The topological polar surface area (TPSA) is 58.6 Å². The van der Waals surface area contributed by atoms with Crippen molar-refractivity contribution in [3.05, 3.63) is 40.4 Å². The van der Waals surface area contributed by atoms with E-state index in [1.54, 1.807) is 6.08 Å². The molecular weight excluding hydrogens is 310 g/mol. The summed E-state index contributed by atoms with van der Waals surface area (Å²) in [7, 11) is 1.53. The van der Waals surface area contributed by atoms with E-state index in [9.17, 15) is 9.90 Å². The van der Waals surface area contributed by atoms with Crippen LogP contribution in [0.15, 0.2) is 34.8 Å². The third-order valence-electron chi connectivity index (χ3n) is 2.43. The summed E-state index contributed by atoms with van der Waals surface area (Å²) in [5.74, 6) is -0.174. The molecule has 5 heteroatoms. The average molecular weight is 328 g/mol. The number of benzene rings is 1. The molecule has 2 N–H and O–H groups in total. The van der Waals surface area contributed by atoms with Crippen molar-refractivity contribution in [2.45, 2.75) is 12.5 Å². The van der Waals surface area contributed by atoms with Gasteiger partial charge in [0.05, 0.1) is 12.7 Å². The van der Waals surface area contributed by atoms with Gasteiger partial charge in [0.1, 0.15) is 0 Å². The summed E-state index contributed by atoms with van der Waals surface area (Å²) in [6.07, 6.45) is 3.16. The molecule has 1 amide bonds. The van der Waals surface area contributed by atoms with Gasteiger partial charge < -0.3 is 15.2 Å². The SMILES string of the molecule is COCC(O)CCNC(=O)/C=C/c1ccc(Br)cc1. The minimum atomic E-state index is -0.541. The largest absolute Gasteiger partial charge is 0.391 e. The van der Waals surface area contributed by atoms with E-state index in [4.69, 9.17) is 4.74 Å². The van der Waals surface area contributed by atoms with Crippen LogP contribution in [0.25, 0.3) is 6.08 Å². The maximum absolute atomic E-state index is 11.5. The second-order valence-corrected chi connectivity index (χ2v) is 4.99. The first-order chi connectivity index (χ1) is 9.11. The highest BCUT2D eigenvalue weighted by atomic mass is 79.9. The zero-order valence-electron chi connectivity index (χ0n) is 10.8. The summed E-state index contributed by atoms with van der Waals surface area (Å²) < 4.78 is 5.80. The molecular formula is C14H18BrNO3. The van der Waals surface area contributed by atoms with Gasteiger partial charge in [0.15, 0.2) is 0 Å². The number of ether oxygens (including phenoxy) is 1. The molecule has 1 atom stereocenters. The first kappa shape index (κ1) is 15.9. The highest BCUT2D eigenvalue weighted by Crippen LogP contribution is 2.11. The zero-order chi connectivity index (χ0) is 14.1. The fraction of sp³-hybridized carbons (Fsp3) is 0.357. The number of carbonyl (C=O) groups excluding carboxylic acids is 1. The maximum atomic E-state index is 11.5. The molecule has 1 unspecified atom stereocenters. The Hall–Kier alpha value is -1.17. The van der Waals surface area contributed by atoms with E-state index in [1.165, 1.54) is 13.2 Å². The number of nitrogens with one attached hydrogen (secondary N) is 1. The molecule has 1 aromatic carbocycles. The Morgan fingerprint density at radius 3 is 2.79 bits per heavy atom. The molecule has 0 aliphatic heterocycles. The Morgan fingerprint density at radius 1 is 1.47 bits per heavy atom. The van der Waals surface area contributed by atoms with Crippen LogP contribution in [0.1, 0.15) is 12.0 Å². The summed E-state index contributed by atoms with van der Waals surface area (Å²) in [4.78, 5) is 11.5. The van der Waals surface area contributed by atoms with Gasteiger partial charge in [-0.1, -0.05) is 28.1 Å². The number of rotatable bonds is 7. The average Bonchev–Trinajstić information content (AvgIpc) is 2.38. The molecule has 0 spiro atoms. The molecule has 19 heavy (non-hydrogen) atoms. The predicted molar refractivity (Wildman–Crippen MR) is 78.7 cm³/mol. The Balaban J connectivity index is 2.29. The van der Waals surface area contributed by atoms with E-state index in [0.717, 1.165) is 10.0 Å². The minimum absolute atomic E-state index is 0.174. The lowest BCUT2D eigenvalue weighted by Crippen LogP contribution is -2.27. The molecule has 1 aromatic rings. The van der Waals surface area contributed by atoms with E-state index in [1.807, 2.05) is 24.3 Å². The summed E-state index contributed by atoms with van der Waals surface area (Å²) in [5, 5.41) is 12.1. The van der Waals surface area contributed by atoms with Crippen LogP contribution in [0.4, 0.5) is 0 Å². The van der Waals surface area contributed by atoms with Crippen molar-refractivity contribution in [1.82, 2.24) is 5.32 Å². The Morgan fingerprint density at radius 2 is 2.16 bits per heavy atom. The van der Waals surface area contributed by atoms with E-state index in [-0.39, 0.29) is 12.5 Å². The number of carbonyl (C=O) groups is 1. The van der Waals surface area contributed by atoms with E-state index < -0.39 is 6.10 Å². The quantitative estimate of drug-likeness (QED) is 0.753. The van der Waals surface area contributed by atoms with Gasteiger partial charge >= 0.3 is 0 Å². The van der Waals surface area contributed by atoms with Gasteiger partial charge in [0.25, 0.3) is 0 Å². The smallest absolute Gasteiger partial charge is 0.244 e. The van der Waals surface area contributed by atoms with Crippen LogP contribution in [0.3, 0.4) is 0 Å². The number of halogens is 1. The van der Waals surface area contributed by atoms with Crippen molar-refractivity contribution >= 4 is 27.9 Å². The monoisotopic (exact) mass is 327 g/mol. The standard InChI is InChI=1S/C14H18BrNO3/c1-19-10-13(17)8-9-16-14(18)7-4-11-2-5-12(15)6-3-11/h2-7,13,17H,8-10H2,1H3,(H,16,18)/b7-4+. The number of hydrogen-bond acceptors (Lipinski definition) is 3. The molecule has 0 bridgehead atoms. The normalized spacial score (nSPS) is 12.6. The van der Waals surface area contributed by atoms with E-state index in [2.05, 4.69) is 21.2 Å². The maximum Gasteiger partial charge on any atom is 0.244 e. The molecule has 0 aliphatic rings. The first-order valence-corrected chi connectivity index (χ1v) is 6.79. The van der Waals surface area contributed by atoms with Crippen LogP contribution < -0.4 is 5.32 Å². The highest BCUT2D eigenvalue weighted by molar-refractivity contribution is 9.10. The Bertz CT molecular complexity index is 417. The van der Waals surface area contributed by atoms with Crippen LogP contribution in [-0.4, -0.2) is 37.4 Å². The number of amides is 1. The van der Waals surface area contributed by atoms with Crippen molar-refractivity contribution in [2.75, 3.05) is 20.3 Å². The third-order valence-corrected chi connectivity index (χ3v) is 2.96. The zero-order valence-corrected chi connectivity index (χ0v) is 12.4. The van der Waals surface area contributed by atoms with Gasteiger partial charge in [0.2, 0.25) is 5.91 Å². The van der Waals surface area contributed by atoms with Gasteiger partial charge in [-0.25, -0.2) is 0 Å². The third kappa shape index (κ3) is 7.10. The molecule has 0 aromatic heterocycles. The van der Waals surface area contributed by atoms with Crippen molar-refractivity contribution in [3.63, 3.8) is 0 Å². The fourth-order valence-corrected chi connectivity index (χ4v) is 1.71. The van der Waals surface area contributed by atoms with Crippen LogP contribution in [0.5, 0.6) is 0 Å². The van der Waals surface area contributed by atoms with Gasteiger partial charge in [0, 0.05) is 24.2 Å². The molecule has 1 rings (SSSR count). The van der Waals surface area contributed by atoms with Crippen LogP contribution in [0, 0.1) is 0 Å². The van der Waals surface area contributed by atoms with Crippen LogP contribution in [0.2, 0.25) is 0 Å². The molecule has 0 radical (unpaired) electrons. The highest BCUT2D eigenvalue weighted by Gasteiger charge is 2.03. The Kier molecular flexibility index (Phi) is 7.40. The molecule has 4 nitrogen and oxygen atoms in total. The van der Waals surface area contributed by atoms with Gasteiger partial charge in [-0.3, -0.25) is 4.79 Å². The number of aliphatic hydroxyl groups is 1. The Labute approximate surface area is 121 Å². The lowest BCUT2D eigenvalue weighted by atomic mass is 10.2. The molecule has 0 fully saturated rings. The summed E-state index contributed by atoms with van der Waals surface area (Å²) >= 11 is 3.35. The van der Waals surface area contributed by atoms with Crippen molar-refractivity contribution in [2.24, 2.45) is 0 Å². The summed E-state index contributed by atoms with van der Waals surface area (Å²) in [5.41, 5.74) is 0.956. The van der Waals surface area contributed by atoms with E-state index >= 15 is 0 Å². The summed E-state index contributed by atoms with van der Waals surface area (Å²) in [6, 6.07) is 7.66. The lowest BCUT2D eigenvalue weighted by molar-refractivity contribution is -0.116. The summed E-state index contributed by atoms with van der Waals surface area (Å²) in [6.45, 7) is 0.707. The van der Waals surface area contributed by atoms with Crippen LogP contribution >= 0.6 is 15.9 Å². The second kappa shape index (κ2) is 8.85. The second-order valence-electron chi connectivity index (χ2n) is 4.07. The fourth-order valence-electron chi connectivity index (χ4n) is 1.44. The van der Waals surface area contributed by atoms with Crippen molar-refractivity contribution < 1.29 is 14.6 Å². The van der Waals surface area contributed by atoms with Crippen molar-refractivity contribution in [3.8, 4) is 0 Å². The molecule has 0 saturated carbocycles. The number of hydrogen-bond donors (Lipinski definition) is 2. The predicted octanol–water partition coefficient (Wildman–Crippen LogP) is 1.98. The molecule has 0 aliphatic carbocycles. The van der Waals surface area contributed by atoms with Gasteiger partial charge in [-0.05, 0) is 30.2 Å². The van der Waals surface area contributed by atoms with E-state index in [0.29, 0.717) is 13.0 Å². The molecule has 0 heterocycles. The molecule has 104 valence electrons.